The third kappa shape index (κ3) is 2.66. The van der Waals surface area contributed by atoms with E-state index in [1.165, 1.54) is 0 Å². The van der Waals surface area contributed by atoms with Crippen molar-refractivity contribution in [2.24, 2.45) is 0 Å². The summed E-state index contributed by atoms with van der Waals surface area (Å²) in [6.07, 6.45) is 3.23. The topological polar surface area (TPSA) is 61.0 Å². The zero-order valence-corrected chi connectivity index (χ0v) is 9.31. The number of nitrogens with two attached hydrogens (primary N) is 1. The molecule has 0 aliphatic carbocycles. The number of nitrogens with zero attached hydrogens (tertiary/aromatic N) is 2. The first kappa shape index (κ1) is 9.92. The van der Waals surface area contributed by atoms with Gasteiger partial charge in [0.05, 0.1) is 6.20 Å². The largest absolute Gasteiger partial charge is 0.456 e. The number of pyridine rings is 2. The number of halogens is 1. The number of hydrogen-bond acceptors (Lipinski definition) is 4. The molecule has 4 nitrogen and oxygen atoms in total. The van der Waals surface area contributed by atoms with Gasteiger partial charge in [0.15, 0.2) is 0 Å². The Morgan fingerprint density at radius 2 is 2.00 bits per heavy atom. The predicted octanol–water partition coefficient (Wildman–Crippen LogP) is 2.61. The zero-order valence-electron chi connectivity index (χ0n) is 7.72. The molecular weight excluding hydrogens is 258 g/mol. The summed E-state index contributed by atoms with van der Waals surface area (Å²) in [5, 5.41) is 0. The van der Waals surface area contributed by atoms with Gasteiger partial charge in [-0.3, -0.25) is 0 Å². The molecule has 0 aliphatic heterocycles. The van der Waals surface area contributed by atoms with Crippen LogP contribution in [0.15, 0.2) is 41.3 Å². The summed E-state index contributed by atoms with van der Waals surface area (Å²) < 4.78 is 6.25. The van der Waals surface area contributed by atoms with Crippen molar-refractivity contribution in [2.75, 3.05) is 5.73 Å². The lowest BCUT2D eigenvalue weighted by Crippen LogP contribution is -1.90. The van der Waals surface area contributed by atoms with E-state index in [0.29, 0.717) is 17.3 Å². The van der Waals surface area contributed by atoms with E-state index in [1.807, 2.05) is 0 Å². The summed E-state index contributed by atoms with van der Waals surface area (Å²) in [6, 6.07) is 6.99. The molecule has 2 N–H and O–H groups in total. The van der Waals surface area contributed by atoms with Gasteiger partial charge < -0.3 is 10.5 Å². The second-order valence-corrected chi connectivity index (χ2v) is 3.65. The minimum atomic E-state index is 0.471. The van der Waals surface area contributed by atoms with Crippen molar-refractivity contribution in [3.63, 3.8) is 0 Å². The molecule has 15 heavy (non-hydrogen) atoms. The van der Waals surface area contributed by atoms with Crippen LogP contribution < -0.4 is 10.5 Å². The maximum atomic E-state index is 5.53. The van der Waals surface area contributed by atoms with Gasteiger partial charge in [-0.25, -0.2) is 9.97 Å². The SMILES string of the molecule is Nc1ccc(Oc2ccnc(Br)c2)cn1. The highest BCUT2D eigenvalue weighted by Crippen LogP contribution is 2.22. The Morgan fingerprint density at radius 3 is 2.67 bits per heavy atom. The maximum absolute atomic E-state index is 5.53. The van der Waals surface area contributed by atoms with Gasteiger partial charge in [-0.05, 0) is 34.1 Å². The molecule has 0 atom stereocenters. The Morgan fingerprint density at radius 1 is 1.13 bits per heavy atom. The van der Waals surface area contributed by atoms with Gasteiger partial charge in [0.2, 0.25) is 0 Å². The Hall–Kier alpha value is -1.62. The first-order valence-corrected chi connectivity index (χ1v) is 5.04. The van der Waals surface area contributed by atoms with Crippen LogP contribution in [0.5, 0.6) is 11.5 Å². The molecule has 0 saturated carbocycles. The van der Waals surface area contributed by atoms with Crippen LogP contribution in [0.25, 0.3) is 0 Å². The summed E-state index contributed by atoms with van der Waals surface area (Å²) >= 11 is 3.26. The number of ether oxygens (including phenoxy) is 1. The fourth-order valence-corrected chi connectivity index (χ4v) is 1.38. The predicted molar refractivity (Wildman–Crippen MR) is 60.7 cm³/mol. The van der Waals surface area contributed by atoms with Crippen molar-refractivity contribution in [1.82, 2.24) is 9.97 Å². The molecule has 0 aliphatic rings. The third-order valence-electron chi connectivity index (χ3n) is 1.69. The lowest BCUT2D eigenvalue weighted by Gasteiger charge is -2.04. The van der Waals surface area contributed by atoms with E-state index in [2.05, 4.69) is 25.9 Å². The number of aromatic nitrogens is 2. The van der Waals surface area contributed by atoms with Crippen LogP contribution in [-0.4, -0.2) is 9.97 Å². The van der Waals surface area contributed by atoms with Gasteiger partial charge in [-0.1, -0.05) is 0 Å². The molecule has 0 aromatic carbocycles. The van der Waals surface area contributed by atoms with E-state index in [-0.39, 0.29) is 0 Å². The standard InChI is InChI=1S/C10H8BrN3O/c11-9-5-7(3-4-13-9)15-8-1-2-10(12)14-6-8/h1-6H,(H2,12,14). The lowest BCUT2D eigenvalue weighted by molar-refractivity contribution is 0.479. The molecule has 0 saturated heterocycles. The van der Waals surface area contributed by atoms with E-state index in [9.17, 15) is 0 Å². The molecule has 0 radical (unpaired) electrons. The van der Waals surface area contributed by atoms with Gasteiger partial charge in [-0.2, -0.15) is 0 Å². The minimum Gasteiger partial charge on any atom is -0.456 e. The third-order valence-corrected chi connectivity index (χ3v) is 2.13. The van der Waals surface area contributed by atoms with E-state index >= 15 is 0 Å². The zero-order chi connectivity index (χ0) is 10.7. The van der Waals surface area contributed by atoms with Crippen molar-refractivity contribution in [1.29, 1.82) is 0 Å². The van der Waals surface area contributed by atoms with Crippen LogP contribution in [0.2, 0.25) is 0 Å². The van der Waals surface area contributed by atoms with Crippen LogP contribution in [0.1, 0.15) is 0 Å². The Balaban J connectivity index is 2.18. The molecule has 0 amide bonds. The molecule has 0 spiro atoms. The summed E-state index contributed by atoms with van der Waals surface area (Å²) in [4.78, 5) is 7.92. The number of nitrogen functional groups attached to an aromatic ring is 1. The molecule has 2 rings (SSSR count). The molecule has 0 fully saturated rings. The van der Waals surface area contributed by atoms with Gasteiger partial charge in [0.25, 0.3) is 0 Å². The summed E-state index contributed by atoms with van der Waals surface area (Å²) in [5.41, 5.74) is 5.46. The Kier molecular flexibility index (Phi) is 2.82. The van der Waals surface area contributed by atoms with Crippen molar-refractivity contribution in [3.05, 3.63) is 41.3 Å². The van der Waals surface area contributed by atoms with Gasteiger partial charge in [-0.15, -0.1) is 0 Å². The average molecular weight is 266 g/mol. The van der Waals surface area contributed by atoms with Gasteiger partial charge >= 0.3 is 0 Å². The fraction of sp³-hybridized carbons (Fsp3) is 0. The van der Waals surface area contributed by atoms with Crippen molar-refractivity contribution < 1.29 is 4.74 Å². The Labute approximate surface area is 95.2 Å². The molecule has 0 bridgehead atoms. The number of hydrogen-bond donors (Lipinski definition) is 1. The number of anilines is 1. The first-order valence-electron chi connectivity index (χ1n) is 4.25. The molecule has 2 aromatic heterocycles. The first-order chi connectivity index (χ1) is 7.24. The highest BCUT2D eigenvalue weighted by atomic mass is 79.9. The molecular formula is C10H8BrN3O. The van der Waals surface area contributed by atoms with E-state index in [1.54, 1.807) is 36.7 Å². The lowest BCUT2D eigenvalue weighted by atomic mass is 10.4. The highest BCUT2D eigenvalue weighted by molar-refractivity contribution is 9.10. The quantitative estimate of drug-likeness (QED) is 0.849. The van der Waals surface area contributed by atoms with Crippen LogP contribution in [0, 0.1) is 0 Å². The van der Waals surface area contributed by atoms with Crippen LogP contribution in [-0.2, 0) is 0 Å². The summed E-state index contributed by atoms with van der Waals surface area (Å²) in [7, 11) is 0. The summed E-state index contributed by atoms with van der Waals surface area (Å²) in [6.45, 7) is 0. The molecule has 76 valence electrons. The fourth-order valence-electron chi connectivity index (χ4n) is 1.04. The molecule has 5 heteroatoms. The van der Waals surface area contributed by atoms with Crippen LogP contribution >= 0.6 is 15.9 Å². The van der Waals surface area contributed by atoms with Crippen molar-refractivity contribution in [2.45, 2.75) is 0 Å². The van der Waals surface area contributed by atoms with Crippen LogP contribution in [0.4, 0.5) is 5.82 Å². The molecule has 2 aromatic rings. The van der Waals surface area contributed by atoms with Crippen molar-refractivity contribution >= 4 is 21.7 Å². The minimum absolute atomic E-state index is 0.471. The number of rotatable bonds is 2. The second-order valence-electron chi connectivity index (χ2n) is 2.84. The van der Waals surface area contributed by atoms with E-state index < -0.39 is 0 Å². The van der Waals surface area contributed by atoms with Crippen molar-refractivity contribution in [3.8, 4) is 11.5 Å². The smallest absolute Gasteiger partial charge is 0.145 e. The maximum Gasteiger partial charge on any atom is 0.145 e. The molecule has 2 heterocycles. The monoisotopic (exact) mass is 265 g/mol. The second kappa shape index (κ2) is 4.27. The van der Waals surface area contributed by atoms with Gasteiger partial charge in [0, 0.05) is 12.3 Å². The van der Waals surface area contributed by atoms with E-state index in [0.717, 1.165) is 4.60 Å². The Bertz CT molecular complexity index is 458. The van der Waals surface area contributed by atoms with Crippen LogP contribution in [0.3, 0.4) is 0 Å². The average Bonchev–Trinajstić information content (AvgIpc) is 2.22. The summed E-state index contributed by atoms with van der Waals surface area (Å²) in [5.74, 6) is 1.81. The molecule has 0 unspecified atom stereocenters. The normalized spacial score (nSPS) is 9.93. The highest BCUT2D eigenvalue weighted by Gasteiger charge is 1.98. The van der Waals surface area contributed by atoms with Gasteiger partial charge in [0.1, 0.15) is 21.9 Å². The van der Waals surface area contributed by atoms with E-state index in [4.69, 9.17) is 10.5 Å².